The normalized spacial score (nSPS) is 24.0. The van der Waals surface area contributed by atoms with Crippen molar-refractivity contribution in [1.82, 2.24) is 0 Å². The first-order chi connectivity index (χ1) is 13.0. The maximum absolute atomic E-state index is 12.0. The monoisotopic (exact) mass is 380 g/mol. The van der Waals surface area contributed by atoms with Gasteiger partial charge >= 0.3 is 5.97 Å². The van der Waals surface area contributed by atoms with E-state index in [9.17, 15) is 4.79 Å². The molecule has 0 spiro atoms. The number of benzene rings is 2. The number of carbonyl (C=O) groups excluding carboxylic acids is 1. The SMILES string of the molecule is COC(=O)c1ccc2c(c1)C1N=C3Sc4ccccc4N3C(C)(C)C1CO2. The summed E-state index contributed by atoms with van der Waals surface area (Å²) >= 11 is 1.71. The lowest BCUT2D eigenvalue weighted by molar-refractivity contribution is 0.0600. The van der Waals surface area contributed by atoms with Crippen molar-refractivity contribution in [3.63, 3.8) is 0 Å². The number of hydrogen-bond acceptors (Lipinski definition) is 6. The molecule has 0 radical (unpaired) electrons. The highest BCUT2D eigenvalue weighted by Gasteiger charge is 2.51. The van der Waals surface area contributed by atoms with E-state index in [0.717, 1.165) is 16.5 Å². The van der Waals surface area contributed by atoms with E-state index in [1.54, 1.807) is 17.8 Å². The third-order valence-electron chi connectivity index (χ3n) is 5.78. The molecule has 0 saturated carbocycles. The van der Waals surface area contributed by atoms with E-state index in [4.69, 9.17) is 14.5 Å². The topological polar surface area (TPSA) is 51.1 Å². The molecular weight excluding hydrogens is 360 g/mol. The van der Waals surface area contributed by atoms with Gasteiger partial charge in [-0.25, -0.2) is 4.79 Å². The summed E-state index contributed by atoms with van der Waals surface area (Å²) in [6.45, 7) is 5.10. The van der Waals surface area contributed by atoms with E-state index in [2.05, 4.69) is 43.0 Å². The molecule has 0 amide bonds. The molecule has 27 heavy (non-hydrogen) atoms. The molecule has 0 fully saturated rings. The van der Waals surface area contributed by atoms with Gasteiger partial charge in [-0.15, -0.1) is 0 Å². The van der Waals surface area contributed by atoms with E-state index in [1.807, 2.05) is 12.1 Å². The van der Waals surface area contributed by atoms with Crippen molar-refractivity contribution in [2.75, 3.05) is 18.6 Å². The largest absolute Gasteiger partial charge is 0.493 e. The van der Waals surface area contributed by atoms with Crippen LogP contribution in [0.3, 0.4) is 0 Å². The number of nitrogens with zero attached hydrogens (tertiary/aromatic N) is 2. The summed E-state index contributed by atoms with van der Waals surface area (Å²) in [7, 11) is 1.40. The average molecular weight is 380 g/mol. The average Bonchev–Trinajstić information content (AvgIpc) is 3.06. The summed E-state index contributed by atoms with van der Waals surface area (Å²) in [5, 5.41) is 1.01. The molecule has 5 rings (SSSR count). The Labute approximate surface area is 162 Å². The van der Waals surface area contributed by atoms with E-state index in [-0.39, 0.29) is 23.5 Å². The molecule has 3 aliphatic heterocycles. The number of thioether (sulfide) groups is 1. The smallest absolute Gasteiger partial charge is 0.337 e. The quantitative estimate of drug-likeness (QED) is 0.691. The van der Waals surface area contributed by atoms with Crippen LogP contribution in [0.25, 0.3) is 0 Å². The molecule has 0 N–H and O–H groups in total. The summed E-state index contributed by atoms with van der Waals surface area (Å²) in [6, 6.07) is 13.9. The summed E-state index contributed by atoms with van der Waals surface area (Å²) in [4.78, 5) is 20.7. The van der Waals surface area contributed by atoms with Crippen LogP contribution in [0.1, 0.15) is 35.8 Å². The number of amidine groups is 1. The van der Waals surface area contributed by atoms with Crippen molar-refractivity contribution >= 4 is 28.6 Å². The van der Waals surface area contributed by atoms with Crippen LogP contribution in [0.15, 0.2) is 52.4 Å². The molecule has 2 aromatic rings. The predicted octanol–water partition coefficient (Wildman–Crippen LogP) is 4.28. The van der Waals surface area contributed by atoms with E-state index in [1.165, 1.54) is 17.7 Å². The van der Waals surface area contributed by atoms with Crippen LogP contribution in [0.4, 0.5) is 5.69 Å². The first-order valence-corrected chi connectivity index (χ1v) is 9.82. The molecule has 2 aromatic carbocycles. The fourth-order valence-electron chi connectivity index (χ4n) is 4.29. The van der Waals surface area contributed by atoms with Crippen LogP contribution in [0.5, 0.6) is 5.75 Å². The van der Waals surface area contributed by atoms with Crippen molar-refractivity contribution in [2.24, 2.45) is 10.9 Å². The zero-order valence-electron chi connectivity index (χ0n) is 15.4. The van der Waals surface area contributed by atoms with E-state index in [0.29, 0.717) is 12.2 Å². The van der Waals surface area contributed by atoms with Gasteiger partial charge in [0.05, 0.1) is 31.0 Å². The highest BCUT2D eigenvalue weighted by molar-refractivity contribution is 8.14. The van der Waals surface area contributed by atoms with Gasteiger partial charge in [-0.1, -0.05) is 12.1 Å². The van der Waals surface area contributed by atoms with Gasteiger partial charge in [0, 0.05) is 21.9 Å². The van der Waals surface area contributed by atoms with Crippen LogP contribution < -0.4 is 9.64 Å². The number of para-hydroxylation sites is 1. The Bertz CT molecular complexity index is 985. The molecule has 0 aromatic heterocycles. The zero-order valence-corrected chi connectivity index (χ0v) is 16.2. The third-order valence-corrected chi connectivity index (χ3v) is 6.82. The lowest BCUT2D eigenvalue weighted by atomic mass is 9.75. The number of esters is 1. The molecule has 2 unspecified atom stereocenters. The second-order valence-electron chi connectivity index (χ2n) is 7.58. The van der Waals surface area contributed by atoms with Gasteiger partial charge in [0.25, 0.3) is 0 Å². The maximum atomic E-state index is 12.0. The minimum absolute atomic E-state index is 0.0404. The fourth-order valence-corrected chi connectivity index (χ4v) is 5.49. The number of anilines is 1. The third kappa shape index (κ3) is 2.32. The first kappa shape index (κ1) is 16.7. The Balaban J connectivity index is 1.65. The second-order valence-corrected chi connectivity index (χ2v) is 8.59. The summed E-state index contributed by atoms with van der Waals surface area (Å²) in [5.41, 5.74) is 2.54. The number of hydrogen-bond donors (Lipinski definition) is 0. The highest BCUT2D eigenvalue weighted by Crippen LogP contribution is 2.54. The van der Waals surface area contributed by atoms with Crippen LogP contribution >= 0.6 is 11.8 Å². The standard InChI is InChI=1S/C21H20N2O3S/c1-21(2)14-11-26-16-9-8-12(19(24)25-3)10-13(16)18(14)22-20-23(21)15-6-4-5-7-17(15)27-20/h4-10,14,18H,11H2,1-3H3. The van der Waals surface area contributed by atoms with Crippen molar-refractivity contribution in [3.8, 4) is 5.75 Å². The van der Waals surface area contributed by atoms with Crippen molar-refractivity contribution in [3.05, 3.63) is 53.6 Å². The zero-order chi connectivity index (χ0) is 18.8. The van der Waals surface area contributed by atoms with E-state index < -0.39 is 0 Å². The van der Waals surface area contributed by atoms with Gasteiger partial charge in [0.15, 0.2) is 5.17 Å². The minimum atomic E-state index is -0.341. The van der Waals surface area contributed by atoms with Crippen molar-refractivity contribution in [2.45, 2.75) is 30.3 Å². The number of aliphatic imine (C=N–C) groups is 1. The van der Waals surface area contributed by atoms with Gasteiger partial charge < -0.3 is 14.4 Å². The second kappa shape index (κ2) is 5.76. The Hall–Kier alpha value is -2.47. The van der Waals surface area contributed by atoms with Crippen LogP contribution in [0.2, 0.25) is 0 Å². The molecule has 0 bridgehead atoms. The van der Waals surface area contributed by atoms with Gasteiger partial charge in [0.1, 0.15) is 5.75 Å². The fraction of sp³-hybridized carbons (Fsp3) is 0.333. The Morgan fingerprint density at radius 3 is 2.93 bits per heavy atom. The van der Waals surface area contributed by atoms with Gasteiger partial charge in [0.2, 0.25) is 0 Å². The van der Waals surface area contributed by atoms with Gasteiger partial charge in [-0.2, -0.15) is 0 Å². The maximum Gasteiger partial charge on any atom is 0.337 e. The van der Waals surface area contributed by atoms with Crippen LogP contribution in [-0.2, 0) is 4.74 Å². The van der Waals surface area contributed by atoms with Crippen LogP contribution in [0, 0.1) is 5.92 Å². The molecular formula is C21H20N2O3S. The number of methoxy groups -OCH3 is 1. The van der Waals surface area contributed by atoms with Crippen molar-refractivity contribution < 1.29 is 14.3 Å². The lowest BCUT2D eigenvalue weighted by Crippen LogP contribution is -2.57. The summed E-state index contributed by atoms with van der Waals surface area (Å²) in [6.07, 6.45) is 0. The number of rotatable bonds is 1. The first-order valence-electron chi connectivity index (χ1n) is 9.00. The Morgan fingerprint density at radius 1 is 1.30 bits per heavy atom. The Morgan fingerprint density at radius 2 is 2.11 bits per heavy atom. The van der Waals surface area contributed by atoms with Gasteiger partial charge in [-0.3, -0.25) is 4.99 Å². The molecule has 0 saturated heterocycles. The minimum Gasteiger partial charge on any atom is -0.493 e. The molecule has 3 aliphatic rings. The molecule has 0 aliphatic carbocycles. The highest BCUT2D eigenvalue weighted by atomic mass is 32.2. The number of ether oxygens (including phenoxy) is 2. The number of carbonyl (C=O) groups is 1. The molecule has 6 heteroatoms. The summed E-state index contributed by atoms with van der Waals surface area (Å²) < 4.78 is 11.0. The molecule has 5 nitrogen and oxygen atoms in total. The lowest BCUT2D eigenvalue weighted by Gasteiger charge is -2.50. The molecule has 3 heterocycles. The summed E-state index contributed by atoms with van der Waals surface area (Å²) in [5.74, 6) is 0.637. The van der Waals surface area contributed by atoms with Gasteiger partial charge in [-0.05, 0) is 55.9 Å². The molecule has 138 valence electrons. The van der Waals surface area contributed by atoms with Crippen molar-refractivity contribution in [1.29, 1.82) is 0 Å². The predicted molar refractivity (Wildman–Crippen MR) is 106 cm³/mol. The number of fused-ring (bicyclic) bond motifs is 6. The Kier molecular flexibility index (Phi) is 3.56. The van der Waals surface area contributed by atoms with E-state index >= 15 is 0 Å². The molecule has 2 atom stereocenters. The van der Waals surface area contributed by atoms with Crippen LogP contribution in [-0.4, -0.2) is 30.4 Å².